The lowest BCUT2D eigenvalue weighted by atomic mass is 9.96. The van der Waals surface area contributed by atoms with Crippen LogP contribution in [0.3, 0.4) is 0 Å². The van der Waals surface area contributed by atoms with Crippen molar-refractivity contribution in [2.24, 2.45) is 5.92 Å². The minimum absolute atomic E-state index is 0.0206. The van der Waals surface area contributed by atoms with Crippen molar-refractivity contribution in [1.29, 1.82) is 0 Å². The largest absolute Gasteiger partial charge is 0.328 e. The van der Waals surface area contributed by atoms with E-state index < -0.39 is 0 Å². The van der Waals surface area contributed by atoms with Gasteiger partial charge in [0, 0.05) is 31.6 Å². The number of ketones is 2. The molecule has 23 heavy (non-hydrogen) atoms. The van der Waals surface area contributed by atoms with Crippen molar-refractivity contribution in [3.8, 4) is 11.3 Å². The lowest BCUT2D eigenvalue weighted by Gasteiger charge is -2.09. The molecule has 0 spiro atoms. The lowest BCUT2D eigenvalue weighted by molar-refractivity contribution is -0.117. The van der Waals surface area contributed by atoms with Gasteiger partial charge in [-0.05, 0) is 31.7 Å². The smallest absolute Gasteiger partial charge is 0.195 e. The molecule has 0 fully saturated rings. The van der Waals surface area contributed by atoms with Crippen LogP contribution >= 0.6 is 0 Å². The van der Waals surface area contributed by atoms with E-state index in [2.05, 4.69) is 24.0 Å². The van der Waals surface area contributed by atoms with Crippen LogP contribution in [0.5, 0.6) is 0 Å². The maximum Gasteiger partial charge on any atom is 0.195 e. The van der Waals surface area contributed by atoms with Crippen molar-refractivity contribution >= 4 is 11.6 Å². The van der Waals surface area contributed by atoms with E-state index in [-0.39, 0.29) is 11.6 Å². The highest BCUT2D eigenvalue weighted by atomic mass is 16.1. The minimum atomic E-state index is -0.0206. The Morgan fingerprint density at radius 3 is 2.30 bits per heavy atom. The van der Waals surface area contributed by atoms with Gasteiger partial charge >= 0.3 is 0 Å². The molecule has 122 valence electrons. The van der Waals surface area contributed by atoms with Crippen molar-refractivity contribution in [2.75, 3.05) is 0 Å². The highest BCUT2D eigenvalue weighted by Crippen LogP contribution is 2.21. The molecule has 2 rings (SSSR count). The van der Waals surface area contributed by atoms with Gasteiger partial charge in [-0.3, -0.25) is 4.79 Å². The van der Waals surface area contributed by atoms with Crippen LogP contribution in [-0.4, -0.2) is 21.1 Å². The van der Waals surface area contributed by atoms with Crippen LogP contribution in [0.1, 0.15) is 50.3 Å². The molecule has 0 bridgehead atoms. The molecule has 4 heteroatoms. The van der Waals surface area contributed by atoms with Gasteiger partial charge in [-0.1, -0.05) is 31.2 Å². The second kappa shape index (κ2) is 7.36. The minimum Gasteiger partial charge on any atom is -0.328 e. The van der Waals surface area contributed by atoms with Gasteiger partial charge < -0.3 is 9.36 Å². The summed E-state index contributed by atoms with van der Waals surface area (Å²) in [7, 11) is 0. The Bertz CT molecular complexity index is 699. The van der Waals surface area contributed by atoms with Gasteiger partial charge in [-0.2, -0.15) is 0 Å². The fraction of sp³-hybridized carbons (Fsp3) is 0.421. The number of Topliss-reactive ketones (excluding diaryl/α,β-unsaturated/α-hetero) is 2. The number of imidazole rings is 1. The molecule has 0 saturated carbocycles. The fourth-order valence-electron chi connectivity index (χ4n) is 2.85. The third-order valence-electron chi connectivity index (χ3n) is 3.90. The van der Waals surface area contributed by atoms with Crippen molar-refractivity contribution in [2.45, 2.75) is 47.1 Å². The Morgan fingerprint density at radius 1 is 1.17 bits per heavy atom. The maximum atomic E-state index is 11.6. The molecule has 2 aromatic rings. The summed E-state index contributed by atoms with van der Waals surface area (Å²) < 4.78 is 1.88. The quantitative estimate of drug-likeness (QED) is 0.728. The summed E-state index contributed by atoms with van der Waals surface area (Å²) in [6, 6.07) is 8.21. The lowest BCUT2D eigenvalue weighted by Crippen LogP contribution is -2.05. The van der Waals surface area contributed by atoms with E-state index >= 15 is 0 Å². The summed E-state index contributed by atoms with van der Waals surface area (Å²) in [5, 5.41) is 0. The van der Waals surface area contributed by atoms with E-state index in [1.54, 1.807) is 6.92 Å². The van der Waals surface area contributed by atoms with Crippen LogP contribution in [0.25, 0.3) is 11.3 Å². The van der Waals surface area contributed by atoms with Crippen LogP contribution in [0, 0.1) is 5.92 Å². The maximum absolute atomic E-state index is 11.6. The normalized spacial score (nSPS) is 12.2. The Kier molecular flexibility index (Phi) is 5.48. The van der Waals surface area contributed by atoms with E-state index in [4.69, 9.17) is 0 Å². The molecule has 4 nitrogen and oxygen atoms in total. The van der Waals surface area contributed by atoms with Crippen LogP contribution < -0.4 is 0 Å². The van der Waals surface area contributed by atoms with Gasteiger partial charge in [0.2, 0.25) is 0 Å². The van der Waals surface area contributed by atoms with Crippen molar-refractivity contribution < 1.29 is 9.59 Å². The molecule has 0 aliphatic rings. The number of aromatic nitrogens is 2. The van der Waals surface area contributed by atoms with E-state index in [1.807, 2.05) is 29.8 Å². The molecule has 0 radical (unpaired) electrons. The Hall–Kier alpha value is -2.23. The zero-order chi connectivity index (χ0) is 17.0. The van der Waals surface area contributed by atoms with E-state index in [0.717, 1.165) is 24.2 Å². The molecule has 1 heterocycles. The summed E-state index contributed by atoms with van der Waals surface area (Å²) in [5.41, 5.74) is 3.03. The molecule has 0 amide bonds. The van der Waals surface area contributed by atoms with Crippen molar-refractivity contribution in [1.82, 2.24) is 9.55 Å². The molecular formula is C19H24N2O2. The second-order valence-electron chi connectivity index (χ2n) is 6.20. The number of nitrogens with zero attached hydrogens (tertiary/aromatic N) is 2. The summed E-state index contributed by atoms with van der Waals surface area (Å²) in [4.78, 5) is 27.2. The van der Waals surface area contributed by atoms with Gasteiger partial charge in [-0.25, -0.2) is 4.98 Å². The zero-order valence-electron chi connectivity index (χ0n) is 14.3. The van der Waals surface area contributed by atoms with Gasteiger partial charge in [0.05, 0.1) is 5.69 Å². The molecule has 1 atom stereocenters. The molecule has 0 aliphatic carbocycles. The van der Waals surface area contributed by atoms with Crippen LogP contribution in [0.2, 0.25) is 0 Å². The molecule has 0 saturated heterocycles. The molecule has 1 aromatic heterocycles. The SMILES string of the molecule is CCn1cc(-c2ccc(C[C@H](C)CC(C)=O)cc2)nc1C(C)=O. The Labute approximate surface area is 137 Å². The molecular weight excluding hydrogens is 288 g/mol. The number of hydrogen-bond donors (Lipinski definition) is 0. The number of hydrogen-bond acceptors (Lipinski definition) is 3. The summed E-state index contributed by atoms with van der Waals surface area (Å²) >= 11 is 0. The third-order valence-corrected chi connectivity index (χ3v) is 3.90. The third kappa shape index (κ3) is 4.38. The first-order valence-electron chi connectivity index (χ1n) is 8.07. The predicted octanol–water partition coefficient (Wildman–Crippen LogP) is 3.93. The monoisotopic (exact) mass is 312 g/mol. The molecule has 0 N–H and O–H groups in total. The first kappa shape index (κ1) is 17.1. The van der Waals surface area contributed by atoms with Crippen molar-refractivity contribution in [3.05, 3.63) is 41.9 Å². The highest BCUT2D eigenvalue weighted by molar-refractivity contribution is 5.91. The van der Waals surface area contributed by atoms with Gasteiger partial charge in [-0.15, -0.1) is 0 Å². The fourth-order valence-corrected chi connectivity index (χ4v) is 2.85. The number of carbonyl (C=O) groups excluding carboxylic acids is 2. The van der Waals surface area contributed by atoms with Gasteiger partial charge in [0.15, 0.2) is 11.6 Å². The first-order valence-corrected chi connectivity index (χ1v) is 8.07. The second-order valence-corrected chi connectivity index (χ2v) is 6.20. The van der Waals surface area contributed by atoms with Gasteiger partial charge in [0.25, 0.3) is 0 Å². The summed E-state index contributed by atoms with van der Waals surface area (Å²) in [6.07, 6.45) is 3.43. The first-order chi connectivity index (χ1) is 10.9. The van der Waals surface area contributed by atoms with E-state index in [0.29, 0.717) is 18.2 Å². The topological polar surface area (TPSA) is 52.0 Å². The number of benzene rings is 1. The standard InChI is InChI=1S/C19H24N2O2/c1-5-21-12-18(20-19(21)15(4)23)17-8-6-16(7-9-17)11-13(2)10-14(3)22/h6-9,12-13H,5,10-11H2,1-4H3/t13-/m1/s1. The van der Waals surface area contributed by atoms with Crippen LogP contribution in [0.4, 0.5) is 0 Å². The number of rotatable bonds is 7. The average Bonchev–Trinajstić information content (AvgIpc) is 2.91. The molecule has 0 unspecified atom stereocenters. The summed E-state index contributed by atoms with van der Waals surface area (Å²) in [5.74, 6) is 1.06. The summed E-state index contributed by atoms with van der Waals surface area (Å²) in [6.45, 7) is 7.99. The average molecular weight is 312 g/mol. The number of carbonyl (C=O) groups is 2. The molecule has 1 aromatic carbocycles. The van der Waals surface area contributed by atoms with Crippen molar-refractivity contribution in [3.63, 3.8) is 0 Å². The molecule has 0 aliphatic heterocycles. The zero-order valence-corrected chi connectivity index (χ0v) is 14.3. The van der Waals surface area contributed by atoms with Crippen LogP contribution in [-0.2, 0) is 17.8 Å². The van der Waals surface area contributed by atoms with E-state index in [9.17, 15) is 9.59 Å². The van der Waals surface area contributed by atoms with E-state index in [1.165, 1.54) is 12.5 Å². The highest BCUT2D eigenvalue weighted by Gasteiger charge is 2.12. The van der Waals surface area contributed by atoms with Gasteiger partial charge in [0.1, 0.15) is 5.78 Å². The predicted molar refractivity (Wildman–Crippen MR) is 91.5 cm³/mol. The Balaban J connectivity index is 2.16. The number of aryl methyl sites for hydroxylation is 1. The van der Waals surface area contributed by atoms with Crippen LogP contribution in [0.15, 0.2) is 30.5 Å². The Morgan fingerprint density at radius 2 is 1.83 bits per heavy atom.